The number of rotatable bonds is 7. The van der Waals surface area contributed by atoms with E-state index in [2.05, 4.69) is 25.7 Å². The Hall–Kier alpha value is -2.48. The minimum absolute atomic E-state index is 0.184. The van der Waals surface area contributed by atoms with Gasteiger partial charge in [0.05, 0.1) is 6.54 Å². The maximum Gasteiger partial charge on any atom is 0.191 e. The van der Waals surface area contributed by atoms with Crippen LogP contribution in [0, 0.1) is 5.82 Å². The number of aryl methyl sites for hydroxylation is 2. The number of ether oxygens (including phenoxy) is 1. The SMILES string of the molecule is CN=C(NCCCc1cccc(F)c1)NC1CCc2nc(COC)nn2C1. The van der Waals surface area contributed by atoms with Gasteiger partial charge in [-0.3, -0.25) is 4.99 Å². The molecule has 0 saturated heterocycles. The number of hydrogen-bond donors (Lipinski definition) is 2. The largest absolute Gasteiger partial charge is 0.377 e. The van der Waals surface area contributed by atoms with Gasteiger partial charge in [-0.05, 0) is 37.0 Å². The van der Waals surface area contributed by atoms with Gasteiger partial charge in [-0.2, -0.15) is 5.10 Å². The van der Waals surface area contributed by atoms with E-state index in [1.807, 2.05) is 10.7 Å². The highest BCUT2D eigenvalue weighted by Gasteiger charge is 2.22. The molecule has 1 aliphatic rings. The zero-order chi connectivity index (χ0) is 19.1. The van der Waals surface area contributed by atoms with E-state index in [0.717, 1.165) is 61.9 Å². The van der Waals surface area contributed by atoms with Crippen molar-refractivity contribution < 1.29 is 9.13 Å². The second-order valence-electron chi connectivity index (χ2n) is 6.67. The molecule has 1 aliphatic heterocycles. The molecule has 3 rings (SSSR count). The van der Waals surface area contributed by atoms with Crippen LogP contribution >= 0.6 is 0 Å². The highest BCUT2D eigenvalue weighted by Crippen LogP contribution is 2.13. The Labute approximate surface area is 159 Å². The summed E-state index contributed by atoms with van der Waals surface area (Å²) in [4.78, 5) is 8.80. The van der Waals surface area contributed by atoms with Gasteiger partial charge in [0.15, 0.2) is 11.8 Å². The van der Waals surface area contributed by atoms with Crippen molar-refractivity contribution in [3.05, 3.63) is 47.3 Å². The van der Waals surface area contributed by atoms with E-state index in [9.17, 15) is 4.39 Å². The molecule has 2 aromatic rings. The number of hydrogen-bond acceptors (Lipinski definition) is 4. The van der Waals surface area contributed by atoms with Crippen LogP contribution in [0.1, 0.15) is 30.1 Å². The minimum Gasteiger partial charge on any atom is -0.377 e. The lowest BCUT2D eigenvalue weighted by Crippen LogP contribution is -2.47. The maximum atomic E-state index is 13.2. The summed E-state index contributed by atoms with van der Waals surface area (Å²) in [5.41, 5.74) is 1.01. The molecule has 1 unspecified atom stereocenters. The predicted octanol–water partition coefficient (Wildman–Crippen LogP) is 1.68. The molecule has 2 heterocycles. The zero-order valence-electron chi connectivity index (χ0n) is 15.9. The number of guanidine groups is 1. The highest BCUT2D eigenvalue weighted by molar-refractivity contribution is 5.79. The molecule has 8 heteroatoms. The second-order valence-corrected chi connectivity index (χ2v) is 6.67. The highest BCUT2D eigenvalue weighted by atomic mass is 19.1. The van der Waals surface area contributed by atoms with Crippen molar-refractivity contribution in [1.29, 1.82) is 0 Å². The molecule has 27 heavy (non-hydrogen) atoms. The fourth-order valence-corrected chi connectivity index (χ4v) is 3.25. The van der Waals surface area contributed by atoms with E-state index in [1.165, 1.54) is 6.07 Å². The molecular weight excluding hydrogens is 347 g/mol. The molecule has 2 N–H and O–H groups in total. The Kier molecular flexibility index (Phi) is 6.75. The Morgan fingerprint density at radius 1 is 1.44 bits per heavy atom. The van der Waals surface area contributed by atoms with E-state index >= 15 is 0 Å². The van der Waals surface area contributed by atoms with Crippen LogP contribution in [-0.4, -0.2) is 47.5 Å². The summed E-state index contributed by atoms with van der Waals surface area (Å²) in [5, 5.41) is 11.3. The number of aromatic nitrogens is 3. The molecule has 0 amide bonds. The van der Waals surface area contributed by atoms with Gasteiger partial charge < -0.3 is 15.4 Å². The molecule has 0 fully saturated rings. The summed E-state index contributed by atoms with van der Waals surface area (Å²) in [6.45, 7) is 1.97. The van der Waals surface area contributed by atoms with Crippen molar-refractivity contribution >= 4 is 5.96 Å². The van der Waals surface area contributed by atoms with Crippen LogP contribution in [-0.2, 0) is 30.7 Å². The average Bonchev–Trinajstić information content (AvgIpc) is 3.06. The van der Waals surface area contributed by atoms with Crippen LogP contribution in [0.15, 0.2) is 29.3 Å². The number of aliphatic imine (C=N–C) groups is 1. The van der Waals surface area contributed by atoms with Crippen LogP contribution in [0.2, 0.25) is 0 Å². The molecule has 0 bridgehead atoms. The van der Waals surface area contributed by atoms with E-state index in [-0.39, 0.29) is 11.9 Å². The van der Waals surface area contributed by atoms with Crippen LogP contribution in [0.25, 0.3) is 0 Å². The van der Waals surface area contributed by atoms with Crippen molar-refractivity contribution in [2.45, 2.75) is 44.9 Å². The number of methoxy groups -OCH3 is 1. The topological polar surface area (TPSA) is 76.4 Å². The van der Waals surface area contributed by atoms with Gasteiger partial charge in [0.25, 0.3) is 0 Å². The summed E-state index contributed by atoms with van der Waals surface area (Å²) in [6, 6.07) is 7.01. The molecule has 0 saturated carbocycles. The van der Waals surface area contributed by atoms with E-state index < -0.39 is 0 Å². The first-order valence-corrected chi connectivity index (χ1v) is 9.31. The second kappa shape index (κ2) is 9.45. The van der Waals surface area contributed by atoms with Crippen LogP contribution in [0.5, 0.6) is 0 Å². The van der Waals surface area contributed by atoms with Gasteiger partial charge in [0, 0.05) is 33.2 Å². The van der Waals surface area contributed by atoms with Crippen LogP contribution < -0.4 is 10.6 Å². The third-order valence-electron chi connectivity index (χ3n) is 4.56. The number of nitrogens with zero attached hydrogens (tertiary/aromatic N) is 4. The van der Waals surface area contributed by atoms with Gasteiger partial charge >= 0.3 is 0 Å². The van der Waals surface area contributed by atoms with E-state index in [1.54, 1.807) is 26.3 Å². The first kappa shape index (κ1) is 19.3. The number of halogens is 1. The molecular formula is C19H27FN6O. The monoisotopic (exact) mass is 374 g/mol. The predicted molar refractivity (Wildman–Crippen MR) is 102 cm³/mol. The standard InChI is InChI=1S/C19H27FN6O/c1-21-19(22-10-4-6-14-5-3-7-15(20)11-14)23-16-8-9-18-24-17(13-27-2)25-26(18)12-16/h3,5,7,11,16H,4,6,8-10,12-13H2,1-2H3,(H2,21,22,23). The Balaban J connectivity index is 1.43. The smallest absolute Gasteiger partial charge is 0.191 e. The first-order valence-electron chi connectivity index (χ1n) is 9.31. The lowest BCUT2D eigenvalue weighted by molar-refractivity contribution is 0.177. The van der Waals surface area contributed by atoms with Crippen molar-refractivity contribution in [1.82, 2.24) is 25.4 Å². The van der Waals surface area contributed by atoms with Gasteiger partial charge in [0.1, 0.15) is 18.2 Å². The molecule has 0 spiro atoms. The lowest BCUT2D eigenvalue weighted by Gasteiger charge is -2.25. The van der Waals surface area contributed by atoms with Crippen LogP contribution in [0.4, 0.5) is 4.39 Å². The van der Waals surface area contributed by atoms with Crippen molar-refractivity contribution in [3.63, 3.8) is 0 Å². The van der Waals surface area contributed by atoms with E-state index in [4.69, 9.17) is 4.74 Å². The lowest BCUT2D eigenvalue weighted by atomic mass is 10.1. The van der Waals surface area contributed by atoms with Gasteiger partial charge in [-0.25, -0.2) is 14.1 Å². The molecule has 1 atom stereocenters. The summed E-state index contributed by atoms with van der Waals surface area (Å²) in [6.07, 6.45) is 3.60. The first-order chi connectivity index (χ1) is 13.2. The Bertz CT molecular complexity index is 775. The fourth-order valence-electron chi connectivity index (χ4n) is 3.25. The van der Waals surface area contributed by atoms with Crippen molar-refractivity contribution in [2.75, 3.05) is 20.7 Å². The maximum absolute atomic E-state index is 13.2. The Morgan fingerprint density at radius 2 is 2.33 bits per heavy atom. The molecule has 146 valence electrons. The molecule has 0 radical (unpaired) electrons. The zero-order valence-corrected chi connectivity index (χ0v) is 15.9. The van der Waals surface area contributed by atoms with Gasteiger partial charge in [-0.15, -0.1) is 0 Å². The van der Waals surface area contributed by atoms with Crippen LogP contribution in [0.3, 0.4) is 0 Å². The fraction of sp³-hybridized carbons (Fsp3) is 0.526. The number of nitrogens with one attached hydrogen (secondary N) is 2. The van der Waals surface area contributed by atoms with Crippen molar-refractivity contribution in [2.24, 2.45) is 4.99 Å². The van der Waals surface area contributed by atoms with Gasteiger partial charge in [0.2, 0.25) is 0 Å². The molecule has 1 aromatic heterocycles. The summed E-state index contributed by atoms with van der Waals surface area (Å²) in [7, 11) is 3.41. The van der Waals surface area contributed by atoms with Crippen molar-refractivity contribution in [3.8, 4) is 0 Å². The number of fused-ring (bicyclic) bond motifs is 1. The normalized spacial score (nSPS) is 16.9. The third-order valence-corrected chi connectivity index (χ3v) is 4.56. The third kappa shape index (κ3) is 5.50. The molecule has 0 aliphatic carbocycles. The minimum atomic E-state index is -0.184. The Morgan fingerprint density at radius 3 is 3.11 bits per heavy atom. The average molecular weight is 374 g/mol. The quantitative estimate of drug-likeness (QED) is 0.438. The molecule has 1 aromatic carbocycles. The van der Waals surface area contributed by atoms with Gasteiger partial charge in [-0.1, -0.05) is 12.1 Å². The summed E-state index contributed by atoms with van der Waals surface area (Å²) < 4.78 is 20.3. The summed E-state index contributed by atoms with van der Waals surface area (Å²) >= 11 is 0. The summed E-state index contributed by atoms with van der Waals surface area (Å²) in [5.74, 6) is 2.34. The molecule has 7 nitrogen and oxygen atoms in total. The van der Waals surface area contributed by atoms with E-state index in [0.29, 0.717) is 6.61 Å². The number of benzene rings is 1.